The SMILES string of the molecule is CNc1cc(N2CCc3c(-c4cnc(CN5CC6(CCN(C(=O)c7cc(N8CCC(=O)NC8=O)c(C)cc7F)CC6(F)F)C5)cn4)cccc32)nn2c(C(=O)N[C@@H]3CC[C@H]3OC)cnc12. The number of piperidine rings is 1. The van der Waals surface area contributed by atoms with Gasteiger partial charge in [-0.2, -0.15) is 0 Å². The predicted molar refractivity (Wildman–Crippen MR) is 232 cm³/mol. The van der Waals surface area contributed by atoms with Crippen molar-refractivity contribution < 1.29 is 37.1 Å². The Hall–Kier alpha value is -6.67. The van der Waals surface area contributed by atoms with Gasteiger partial charge in [-0.3, -0.25) is 39.5 Å². The first-order valence-corrected chi connectivity index (χ1v) is 21.7. The number of nitrogens with zero attached hydrogens (tertiary/aromatic N) is 9. The van der Waals surface area contributed by atoms with Gasteiger partial charge in [-0.25, -0.2) is 27.5 Å². The maximum Gasteiger partial charge on any atom is 0.328 e. The third-order valence-corrected chi connectivity index (χ3v) is 13.7. The molecule has 3 saturated heterocycles. The molecule has 0 radical (unpaired) electrons. The molecule has 1 aliphatic carbocycles. The van der Waals surface area contributed by atoms with Crippen LogP contribution in [0.25, 0.3) is 16.9 Å². The summed E-state index contributed by atoms with van der Waals surface area (Å²) in [6, 6.07) is 9.43. The van der Waals surface area contributed by atoms with E-state index in [1.54, 1.807) is 38.0 Å². The number of anilines is 4. The molecule has 0 unspecified atom stereocenters. The molecule has 7 heterocycles. The van der Waals surface area contributed by atoms with Gasteiger partial charge in [0.15, 0.2) is 17.2 Å². The van der Waals surface area contributed by atoms with Crippen molar-refractivity contribution in [1.29, 1.82) is 0 Å². The topological polar surface area (TPSA) is 183 Å². The van der Waals surface area contributed by atoms with E-state index in [0.29, 0.717) is 59.3 Å². The highest BCUT2D eigenvalue weighted by Gasteiger charge is 2.63. The Kier molecular flexibility index (Phi) is 10.5. The number of urea groups is 1. The first-order valence-electron chi connectivity index (χ1n) is 21.7. The van der Waals surface area contributed by atoms with Crippen LogP contribution in [0.1, 0.15) is 63.4 Å². The average molecular weight is 893 g/mol. The molecule has 20 heteroatoms. The van der Waals surface area contributed by atoms with Gasteiger partial charge >= 0.3 is 6.03 Å². The maximum atomic E-state index is 16.0. The number of hydrogen-bond donors (Lipinski definition) is 3. The Morgan fingerprint density at radius 3 is 2.48 bits per heavy atom. The summed E-state index contributed by atoms with van der Waals surface area (Å²) in [6.45, 7) is 1.88. The quantitative estimate of drug-likeness (QED) is 0.176. The van der Waals surface area contributed by atoms with E-state index in [1.165, 1.54) is 17.2 Å². The van der Waals surface area contributed by atoms with Crippen LogP contribution in [0.3, 0.4) is 0 Å². The largest absolute Gasteiger partial charge is 0.385 e. The van der Waals surface area contributed by atoms with Crippen LogP contribution < -0.4 is 25.8 Å². The van der Waals surface area contributed by atoms with E-state index in [-0.39, 0.29) is 62.8 Å². The van der Waals surface area contributed by atoms with Crippen LogP contribution in [0.2, 0.25) is 0 Å². The molecule has 1 saturated carbocycles. The highest BCUT2D eigenvalue weighted by Crippen LogP contribution is 2.51. The number of fused-ring (bicyclic) bond motifs is 2. The molecule has 338 valence electrons. The molecule has 5 amide bonds. The van der Waals surface area contributed by atoms with Crippen LogP contribution in [-0.2, 0) is 22.5 Å². The minimum absolute atomic E-state index is 0.00998. The van der Waals surface area contributed by atoms with Crippen molar-refractivity contribution in [3.05, 3.63) is 88.9 Å². The number of halogens is 3. The van der Waals surface area contributed by atoms with Crippen molar-refractivity contribution in [2.45, 2.75) is 63.6 Å². The molecular weight excluding hydrogens is 846 g/mol. The zero-order valence-electron chi connectivity index (χ0n) is 36.0. The molecule has 0 bridgehead atoms. The summed E-state index contributed by atoms with van der Waals surface area (Å²) in [6.07, 6.45) is 7.37. The lowest BCUT2D eigenvalue weighted by atomic mass is 9.69. The Bertz CT molecular complexity index is 2760. The number of ether oxygens (including phenoxy) is 1. The molecule has 5 aliphatic rings. The summed E-state index contributed by atoms with van der Waals surface area (Å²) >= 11 is 0. The smallest absolute Gasteiger partial charge is 0.328 e. The third kappa shape index (κ3) is 7.27. The van der Waals surface area contributed by atoms with Gasteiger partial charge < -0.3 is 25.2 Å². The maximum absolute atomic E-state index is 16.0. The van der Waals surface area contributed by atoms with Gasteiger partial charge in [-0.05, 0) is 61.9 Å². The number of amides is 5. The molecule has 3 N–H and O–H groups in total. The number of aryl methyl sites for hydroxylation is 1. The predicted octanol–water partition coefficient (Wildman–Crippen LogP) is 4.71. The van der Waals surface area contributed by atoms with Gasteiger partial charge in [-0.15, -0.1) is 5.10 Å². The highest BCUT2D eigenvalue weighted by molar-refractivity contribution is 6.06. The normalized spacial score (nSPS) is 21.2. The van der Waals surface area contributed by atoms with Crippen molar-refractivity contribution in [2.75, 3.05) is 68.5 Å². The zero-order valence-corrected chi connectivity index (χ0v) is 36.0. The number of methoxy groups -OCH3 is 1. The summed E-state index contributed by atoms with van der Waals surface area (Å²) < 4.78 is 54.2. The molecule has 2 aromatic carbocycles. The molecule has 4 aliphatic heterocycles. The van der Waals surface area contributed by atoms with Crippen molar-refractivity contribution in [3.8, 4) is 11.3 Å². The molecule has 2 atom stereocenters. The molecule has 3 aromatic heterocycles. The lowest BCUT2D eigenvalue weighted by Crippen LogP contribution is -2.70. The first kappa shape index (κ1) is 42.3. The summed E-state index contributed by atoms with van der Waals surface area (Å²) in [7, 11) is 3.44. The van der Waals surface area contributed by atoms with Crippen molar-refractivity contribution in [1.82, 2.24) is 45.0 Å². The Balaban J connectivity index is 0.793. The number of alkyl halides is 2. The van der Waals surface area contributed by atoms with Crippen LogP contribution in [0, 0.1) is 18.2 Å². The number of carbonyl (C=O) groups is 4. The number of benzene rings is 2. The van der Waals surface area contributed by atoms with Crippen LogP contribution >= 0.6 is 0 Å². The summed E-state index contributed by atoms with van der Waals surface area (Å²) in [5.41, 5.74) is 4.61. The van der Waals surface area contributed by atoms with E-state index in [4.69, 9.17) is 14.8 Å². The number of imide groups is 1. The summed E-state index contributed by atoms with van der Waals surface area (Å²) in [4.78, 5) is 71.3. The van der Waals surface area contributed by atoms with E-state index in [2.05, 4.69) is 30.8 Å². The number of carbonyl (C=O) groups excluding carboxylic acids is 4. The number of likely N-dealkylation sites (tertiary alicyclic amines) is 2. The second-order valence-electron chi connectivity index (χ2n) is 17.6. The van der Waals surface area contributed by atoms with Crippen molar-refractivity contribution in [2.24, 2.45) is 5.41 Å². The second kappa shape index (κ2) is 16.1. The molecule has 10 rings (SSSR count). The summed E-state index contributed by atoms with van der Waals surface area (Å²) in [5.74, 6) is -5.09. The fourth-order valence-corrected chi connectivity index (χ4v) is 9.89. The van der Waals surface area contributed by atoms with Gasteiger partial charge in [0.25, 0.3) is 17.7 Å². The van der Waals surface area contributed by atoms with E-state index < -0.39 is 47.1 Å². The second-order valence-corrected chi connectivity index (χ2v) is 17.6. The summed E-state index contributed by atoms with van der Waals surface area (Å²) in [5, 5.41) is 13.4. The molecule has 17 nitrogen and oxygen atoms in total. The van der Waals surface area contributed by atoms with Crippen LogP contribution in [0.4, 0.5) is 40.8 Å². The van der Waals surface area contributed by atoms with Crippen molar-refractivity contribution in [3.63, 3.8) is 0 Å². The molecular formula is C45H47F3N12O5. The van der Waals surface area contributed by atoms with Crippen LogP contribution in [0.15, 0.2) is 55.0 Å². The number of nitrogens with one attached hydrogen (secondary N) is 3. The Labute approximate surface area is 371 Å². The first-order chi connectivity index (χ1) is 31.3. The van der Waals surface area contributed by atoms with Crippen LogP contribution in [0.5, 0.6) is 0 Å². The van der Waals surface area contributed by atoms with Crippen molar-refractivity contribution >= 4 is 52.3 Å². The van der Waals surface area contributed by atoms with E-state index in [9.17, 15) is 19.2 Å². The van der Waals surface area contributed by atoms with Gasteiger partial charge in [0.2, 0.25) is 5.91 Å². The fourth-order valence-electron chi connectivity index (χ4n) is 9.89. The molecule has 65 heavy (non-hydrogen) atoms. The minimum atomic E-state index is -3.25. The van der Waals surface area contributed by atoms with Gasteiger partial charge in [0, 0.05) is 82.9 Å². The zero-order chi connectivity index (χ0) is 45.4. The molecule has 1 spiro atoms. The Morgan fingerprint density at radius 1 is 0.954 bits per heavy atom. The lowest BCUT2D eigenvalue weighted by molar-refractivity contribution is -0.221. The van der Waals surface area contributed by atoms with E-state index in [0.717, 1.165) is 40.6 Å². The van der Waals surface area contributed by atoms with Gasteiger partial charge in [0.1, 0.15) is 5.82 Å². The van der Waals surface area contributed by atoms with E-state index >= 15 is 13.2 Å². The monoisotopic (exact) mass is 892 g/mol. The third-order valence-electron chi connectivity index (χ3n) is 13.7. The Morgan fingerprint density at radius 2 is 1.77 bits per heavy atom. The van der Waals surface area contributed by atoms with Gasteiger partial charge in [-0.1, -0.05) is 12.1 Å². The average Bonchev–Trinajstić information content (AvgIpc) is 3.90. The number of imidazole rings is 1. The number of aromatic nitrogens is 5. The number of hydrogen-bond acceptors (Lipinski definition) is 12. The number of rotatable bonds is 10. The van der Waals surface area contributed by atoms with Gasteiger partial charge in [0.05, 0.1) is 65.3 Å². The standard InChI is InChI=1S/C45H47F3N12O5/c1-25-15-30(46)29(16-35(25)59-13-10-39(61)54-43(59)64)42(63)57-14-11-44(45(47,48)24-57)22-56(23-44)21-26-18-51-33(19-50-26)27-5-4-6-34-28(27)9-12-58(34)38-17-32(49-2)40-52-20-36(60(40)55-38)41(62)53-31-7-8-37(31)65-3/h4-6,15-20,31,37,49H,7-14,21-24H2,1-3H3,(H,53,62)(H,54,61,64)/t31-,37-/m1/s1. The molecule has 5 aromatic rings. The highest BCUT2D eigenvalue weighted by atomic mass is 19.3. The minimum Gasteiger partial charge on any atom is -0.385 e. The van der Waals surface area contributed by atoms with E-state index in [1.807, 2.05) is 29.2 Å². The lowest BCUT2D eigenvalue weighted by Gasteiger charge is -2.57. The fraction of sp³-hybridized carbons (Fsp3) is 0.422. The van der Waals surface area contributed by atoms with Crippen LogP contribution in [-0.4, -0.2) is 130 Å². The molecule has 4 fully saturated rings.